The summed E-state index contributed by atoms with van der Waals surface area (Å²) in [4.78, 5) is 4.51. The highest BCUT2D eigenvalue weighted by Crippen LogP contribution is 2.10. The van der Waals surface area contributed by atoms with Gasteiger partial charge in [0.15, 0.2) is 0 Å². The minimum Gasteiger partial charge on any atom is -0.395 e. The fourth-order valence-electron chi connectivity index (χ4n) is 2.04. The third-order valence-corrected chi connectivity index (χ3v) is 2.98. The fraction of sp³-hybridized carbons (Fsp3) is 0.909. The van der Waals surface area contributed by atoms with Crippen molar-refractivity contribution in [1.29, 1.82) is 5.26 Å². The zero-order valence-corrected chi connectivity index (χ0v) is 9.52. The molecule has 0 aromatic carbocycles. The van der Waals surface area contributed by atoms with Crippen LogP contribution in [0.3, 0.4) is 0 Å². The maximum Gasteiger partial charge on any atom is 0.0978 e. The van der Waals surface area contributed by atoms with Crippen molar-refractivity contribution in [3.8, 4) is 6.07 Å². The van der Waals surface area contributed by atoms with Gasteiger partial charge in [0.1, 0.15) is 0 Å². The first kappa shape index (κ1) is 12.4. The van der Waals surface area contributed by atoms with Gasteiger partial charge in [0.25, 0.3) is 0 Å². The van der Waals surface area contributed by atoms with Crippen LogP contribution in [0.1, 0.15) is 19.8 Å². The number of aliphatic hydroxyl groups excluding tert-OH is 1. The van der Waals surface area contributed by atoms with Gasteiger partial charge in [-0.2, -0.15) is 5.26 Å². The summed E-state index contributed by atoms with van der Waals surface area (Å²) in [6, 6.07) is 2.47. The van der Waals surface area contributed by atoms with E-state index >= 15 is 0 Å². The molecule has 1 atom stereocenters. The van der Waals surface area contributed by atoms with Crippen LogP contribution in [0.2, 0.25) is 0 Å². The van der Waals surface area contributed by atoms with Gasteiger partial charge in [-0.15, -0.1) is 0 Å². The SMILES string of the molecule is CCCC(C#N)N1CCN(CCO)CC1. The van der Waals surface area contributed by atoms with E-state index in [-0.39, 0.29) is 12.6 Å². The van der Waals surface area contributed by atoms with Crippen LogP contribution in [0.5, 0.6) is 0 Å². The lowest BCUT2D eigenvalue weighted by atomic mass is 10.1. The van der Waals surface area contributed by atoms with Crippen LogP contribution in [-0.2, 0) is 0 Å². The Morgan fingerprint density at radius 3 is 2.47 bits per heavy atom. The van der Waals surface area contributed by atoms with Gasteiger partial charge in [0, 0.05) is 32.7 Å². The Hall–Kier alpha value is -0.630. The molecule has 0 aromatic rings. The third-order valence-electron chi connectivity index (χ3n) is 2.98. The van der Waals surface area contributed by atoms with Gasteiger partial charge in [-0.3, -0.25) is 9.80 Å². The molecular weight excluding hydrogens is 190 g/mol. The molecule has 1 aliphatic heterocycles. The minimum atomic E-state index is 0.0891. The quantitative estimate of drug-likeness (QED) is 0.710. The van der Waals surface area contributed by atoms with E-state index in [1.807, 2.05) is 0 Å². The van der Waals surface area contributed by atoms with E-state index in [1.165, 1.54) is 0 Å². The minimum absolute atomic E-state index is 0.0891. The second kappa shape index (κ2) is 6.78. The van der Waals surface area contributed by atoms with Crippen LogP contribution in [0.4, 0.5) is 0 Å². The van der Waals surface area contributed by atoms with E-state index in [2.05, 4.69) is 22.8 Å². The van der Waals surface area contributed by atoms with E-state index in [0.29, 0.717) is 0 Å². The molecule has 1 saturated heterocycles. The number of hydrogen-bond acceptors (Lipinski definition) is 4. The summed E-state index contributed by atoms with van der Waals surface area (Å²) in [5.74, 6) is 0. The van der Waals surface area contributed by atoms with Crippen molar-refractivity contribution in [3.05, 3.63) is 0 Å². The third kappa shape index (κ3) is 3.78. The first-order valence-corrected chi connectivity index (χ1v) is 5.78. The normalized spacial score (nSPS) is 21.1. The Labute approximate surface area is 92.1 Å². The number of β-amino-alcohol motifs (C(OH)–C–C–N with tert-alkyl or cyclic N) is 1. The lowest BCUT2D eigenvalue weighted by molar-refractivity contribution is 0.0957. The molecular formula is C11H21N3O. The van der Waals surface area contributed by atoms with Crippen molar-refractivity contribution in [2.75, 3.05) is 39.3 Å². The summed E-state index contributed by atoms with van der Waals surface area (Å²) in [5.41, 5.74) is 0. The predicted molar refractivity (Wildman–Crippen MR) is 59.4 cm³/mol. The first-order chi connectivity index (χ1) is 7.31. The van der Waals surface area contributed by atoms with E-state index < -0.39 is 0 Å². The highest BCUT2D eigenvalue weighted by atomic mass is 16.3. The van der Waals surface area contributed by atoms with E-state index in [4.69, 9.17) is 10.4 Å². The molecule has 1 fully saturated rings. The summed E-state index contributed by atoms with van der Waals surface area (Å²) in [6.07, 6.45) is 2.03. The van der Waals surface area contributed by atoms with Crippen LogP contribution in [0, 0.1) is 11.3 Å². The molecule has 1 N–H and O–H groups in total. The molecule has 1 rings (SSSR count). The van der Waals surface area contributed by atoms with Crippen LogP contribution >= 0.6 is 0 Å². The van der Waals surface area contributed by atoms with Crippen molar-refractivity contribution in [3.63, 3.8) is 0 Å². The van der Waals surface area contributed by atoms with Crippen molar-refractivity contribution in [2.45, 2.75) is 25.8 Å². The van der Waals surface area contributed by atoms with Crippen molar-refractivity contribution in [1.82, 2.24) is 9.80 Å². The van der Waals surface area contributed by atoms with E-state index in [9.17, 15) is 0 Å². The summed E-state index contributed by atoms with van der Waals surface area (Å²) >= 11 is 0. The molecule has 15 heavy (non-hydrogen) atoms. The lowest BCUT2D eigenvalue weighted by Gasteiger charge is -2.36. The maximum atomic E-state index is 9.03. The molecule has 0 saturated carbocycles. The summed E-state index contributed by atoms with van der Waals surface area (Å²) in [5, 5.41) is 17.8. The molecule has 4 nitrogen and oxygen atoms in total. The number of nitrogens with zero attached hydrogens (tertiary/aromatic N) is 3. The summed E-state index contributed by atoms with van der Waals surface area (Å²) < 4.78 is 0. The topological polar surface area (TPSA) is 50.5 Å². The highest BCUT2D eigenvalue weighted by Gasteiger charge is 2.22. The zero-order valence-electron chi connectivity index (χ0n) is 9.52. The number of aliphatic hydroxyl groups is 1. The number of rotatable bonds is 5. The molecule has 0 spiro atoms. The Bertz CT molecular complexity index is 206. The van der Waals surface area contributed by atoms with Gasteiger partial charge in [-0.05, 0) is 6.42 Å². The van der Waals surface area contributed by atoms with Gasteiger partial charge < -0.3 is 5.11 Å². The van der Waals surface area contributed by atoms with Crippen LogP contribution in [0.15, 0.2) is 0 Å². The van der Waals surface area contributed by atoms with Crippen LogP contribution < -0.4 is 0 Å². The molecule has 86 valence electrons. The van der Waals surface area contributed by atoms with Gasteiger partial charge in [0.05, 0.1) is 18.7 Å². The van der Waals surface area contributed by atoms with Gasteiger partial charge in [-0.1, -0.05) is 13.3 Å². The molecule has 0 amide bonds. The Balaban J connectivity index is 2.32. The Kier molecular flexibility index (Phi) is 5.62. The largest absolute Gasteiger partial charge is 0.395 e. The smallest absolute Gasteiger partial charge is 0.0978 e. The molecule has 1 aliphatic rings. The first-order valence-electron chi connectivity index (χ1n) is 5.78. The van der Waals surface area contributed by atoms with Crippen LogP contribution in [0.25, 0.3) is 0 Å². The number of piperazine rings is 1. The molecule has 0 radical (unpaired) electrons. The van der Waals surface area contributed by atoms with E-state index in [1.54, 1.807) is 0 Å². The average molecular weight is 211 g/mol. The maximum absolute atomic E-state index is 9.03. The Morgan fingerprint density at radius 2 is 2.00 bits per heavy atom. The molecule has 0 aliphatic carbocycles. The van der Waals surface area contributed by atoms with E-state index in [0.717, 1.165) is 45.6 Å². The van der Waals surface area contributed by atoms with Crippen molar-refractivity contribution >= 4 is 0 Å². The highest BCUT2D eigenvalue weighted by molar-refractivity contribution is 4.93. The molecule has 0 aromatic heterocycles. The summed E-state index contributed by atoms with van der Waals surface area (Å²) in [7, 11) is 0. The van der Waals surface area contributed by atoms with Gasteiger partial charge in [-0.25, -0.2) is 0 Å². The monoisotopic (exact) mass is 211 g/mol. The number of nitriles is 1. The van der Waals surface area contributed by atoms with Gasteiger partial charge >= 0.3 is 0 Å². The standard InChI is InChI=1S/C11H21N3O/c1-2-3-11(10-12)14-6-4-13(5-7-14)8-9-15/h11,15H,2-9H2,1H3. The zero-order chi connectivity index (χ0) is 11.1. The lowest BCUT2D eigenvalue weighted by Crippen LogP contribution is -2.50. The molecule has 0 bridgehead atoms. The Morgan fingerprint density at radius 1 is 1.33 bits per heavy atom. The van der Waals surface area contributed by atoms with Crippen molar-refractivity contribution < 1.29 is 5.11 Å². The van der Waals surface area contributed by atoms with Gasteiger partial charge in [0.2, 0.25) is 0 Å². The predicted octanol–water partition coefficient (Wildman–Crippen LogP) is 0.289. The molecule has 4 heteroatoms. The molecule has 1 heterocycles. The second-order valence-corrected chi connectivity index (χ2v) is 4.03. The molecule has 1 unspecified atom stereocenters. The second-order valence-electron chi connectivity index (χ2n) is 4.03. The summed E-state index contributed by atoms with van der Waals surface area (Å²) in [6.45, 7) is 6.98. The number of hydrogen-bond donors (Lipinski definition) is 1. The average Bonchev–Trinajstić information content (AvgIpc) is 2.28. The fourth-order valence-corrected chi connectivity index (χ4v) is 2.04. The van der Waals surface area contributed by atoms with Crippen molar-refractivity contribution in [2.24, 2.45) is 0 Å². The van der Waals surface area contributed by atoms with Crippen LogP contribution in [-0.4, -0.2) is 60.3 Å².